The smallest absolute Gasteiger partial charge is 0.192 e. The van der Waals surface area contributed by atoms with Crippen LogP contribution in [0.15, 0.2) is 0 Å². The number of hydrogen-bond acceptors (Lipinski definition) is 3. The number of ketones is 1. The number of fused-ring (bicyclic) bond motifs is 5. The lowest BCUT2D eigenvalue weighted by molar-refractivity contribution is -0.172. The van der Waals surface area contributed by atoms with Crippen molar-refractivity contribution >= 4 is 14.1 Å². The third-order valence-electron chi connectivity index (χ3n) is 11.4. The van der Waals surface area contributed by atoms with Crippen LogP contribution in [-0.4, -0.2) is 31.4 Å². The highest BCUT2D eigenvalue weighted by Gasteiger charge is 2.63. The van der Waals surface area contributed by atoms with Crippen LogP contribution in [0.25, 0.3) is 0 Å². The lowest BCUT2D eigenvalue weighted by Crippen LogP contribution is -2.59. The minimum Gasteiger partial charge on any atom is -0.414 e. The van der Waals surface area contributed by atoms with Gasteiger partial charge in [-0.2, -0.15) is 0 Å². The van der Waals surface area contributed by atoms with Crippen molar-refractivity contribution in [1.82, 2.24) is 0 Å². The van der Waals surface area contributed by atoms with E-state index in [1.807, 2.05) is 0 Å². The van der Waals surface area contributed by atoms with Gasteiger partial charge in [0.2, 0.25) is 0 Å². The summed E-state index contributed by atoms with van der Waals surface area (Å²) in [5.41, 5.74) is 0.437. The molecule has 4 aliphatic rings. The quantitative estimate of drug-likeness (QED) is 0.495. The second kappa shape index (κ2) is 7.66. The van der Waals surface area contributed by atoms with Crippen molar-refractivity contribution < 1.29 is 14.3 Å². The Balaban J connectivity index is 1.53. The predicted molar refractivity (Wildman–Crippen MR) is 129 cm³/mol. The van der Waals surface area contributed by atoms with Crippen LogP contribution in [0.4, 0.5) is 0 Å². The Bertz CT molecular complexity index is 712. The van der Waals surface area contributed by atoms with E-state index in [9.17, 15) is 9.90 Å². The van der Waals surface area contributed by atoms with Gasteiger partial charge in [-0.3, -0.25) is 4.79 Å². The van der Waals surface area contributed by atoms with Crippen LogP contribution in [0.1, 0.15) is 92.9 Å². The third-order valence-corrected chi connectivity index (χ3v) is 15.9. The average molecular weight is 449 g/mol. The number of aliphatic hydroxyl groups is 1. The highest BCUT2D eigenvalue weighted by atomic mass is 28.4. The first kappa shape index (κ1) is 23.9. The summed E-state index contributed by atoms with van der Waals surface area (Å²) in [4.78, 5) is 12.4. The van der Waals surface area contributed by atoms with Gasteiger partial charge in [0.1, 0.15) is 5.78 Å². The molecule has 4 heteroatoms. The van der Waals surface area contributed by atoms with Gasteiger partial charge < -0.3 is 9.53 Å². The normalized spacial score (nSPS) is 48.0. The van der Waals surface area contributed by atoms with Crippen molar-refractivity contribution in [2.24, 2.45) is 40.4 Å². The lowest BCUT2D eigenvalue weighted by Gasteiger charge is -2.62. The average Bonchev–Trinajstić information content (AvgIpc) is 2.99. The Morgan fingerprint density at radius 2 is 1.58 bits per heavy atom. The SMILES string of the molecule is CC(=O)[C@H]1CC[C@H]2[C@@H]3[C@H](O)C[C@H]4C[C@H](O[Si](C)(C)C(C)(C)C)CC[C@]4(C)[C@H]3CC[C@]12C. The maximum Gasteiger partial charge on any atom is 0.192 e. The molecule has 0 unspecified atom stereocenters. The van der Waals surface area contributed by atoms with Crippen molar-refractivity contribution in [1.29, 1.82) is 0 Å². The zero-order valence-corrected chi connectivity index (χ0v) is 22.5. The number of hydrogen-bond donors (Lipinski definition) is 1. The van der Waals surface area contributed by atoms with Gasteiger partial charge in [0, 0.05) is 12.0 Å². The number of Topliss-reactive ketones (excluding diaryl/α,β-unsaturated/α-hetero) is 1. The predicted octanol–water partition coefficient (Wildman–Crippen LogP) is 6.60. The Morgan fingerprint density at radius 3 is 2.19 bits per heavy atom. The molecule has 4 rings (SSSR count). The summed E-state index contributed by atoms with van der Waals surface area (Å²) in [5, 5.41) is 11.7. The van der Waals surface area contributed by atoms with Gasteiger partial charge in [-0.05, 0) is 111 Å². The maximum absolute atomic E-state index is 12.4. The van der Waals surface area contributed by atoms with E-state index in [-0.39, 0.29) is 22.5 Å². The second-order valence-electron chi connectivity index (χ2n) is 13.9. The highest BCUT2D eigenvalue weighted by Crippen LogP contribution is 2.67. The van der Waals surface area contributed by atoms with Crippen LogP contribution in [0.2, 0.25) is 18.1 Å². The van der Waals surface area contributed by atoms with Crippen molar-refractivity contribution in [2.45, 2.75) is 123 Å². The van der Waals surface area contributed by atoms with Crippen LogP contribution < -0.4 is 0 Å². The minimum atomic E-state index is -1.77. The molecule has 0 amide bonds. The van der Waals surface area contributed by atoms with Gasteiger partial charge in [0.05, 0.1) is 6.10 Å². The van der Waals surface area contributed by atoms with Crippen molar-refractivity contribution in [3.63, 3.8) is 0 Å². The van der Waals surface area contributed by atoms with Gasteiger partial charge in [0.25, 0.3) is 0 Å². The van der Waals surface area contributed by atoms with Gasteiger partial charge in [-0.1, -0.05) is 34.6 Å². The minimum absolute atomic E-state index is 0.111. The maximum atomic E-state index is 12.4. The number of carbonyl (C=O) groups excluding carboxylic acids is 1. The van der Waals surface area contributed by atoms with E-state index in [2.05, 4.69) is 47.7 Å². The second-order valence-corrected chi connectivity index (χ2v) is 18.6. The van der Waals surface area contributed by atoms with E-state index in [0.29, 0.717) is 41.0 Å². The Labute approximate surface area is 192 Å². The molecule has 0 heterocycles. The van der Waals surface area contributed by atoms with Gasteiger partial charge in [-0.25, -0.2) is 0 Å². The molecule has 0 spiro atoms. The Morgan fingerprint density at radius 1 is 0.968 bits per heavy atom. The van der Waals surface area contributed by atoms with Gasteiger partial charge >= 0.3 is 0 Å². The summed E-state index contributed by atoms with van der Waals surface area (Å²) in [6.45, 7) is 18.5. The van der Waals surface area contributed by atoms with Gasteiger partial charge in [-0.15, -0.1) is 0 Å². The molecular formula is C27H48O3Si. The Hall–Kier alpha value is -0.193. The van der Waals surface area contributed by atoms with E-state index in [1.54, 1.807) is 6.92 Å². The van der Waals surface area contributed by atoms with E-state index in [4.69, 9.17) is 4.43 Å². The van der Waals surface area contributed by atoms with Gasteiger partial charge in [0.15, 0.2) is 8.32 Å². The summed E-state index contributed by atoms with van der Waals surface area (Å²) in [6, 6.07) is 0. The summed E-state index contributed by atoms with van der Waals surface area (Å²) in [7, 11) is -1.77. The molecular weight excluding hydrogens is 400 g/mol. The molecule has 4 aliphatic carbocycles. The molecule has 0 aromatic carbocycles. The standard InChI is InChI=1S/C27H48O3Si/c1-17(28)20-9-10-21-24-22(12-14-27(20,21)6)26(5)13-11-19(15-18(26)16-23(24)29)30-31(7,8)25(2,3)4/h18-24,29H,9-16H2,1-8H3/t18-,19-,20-,21+,22+,23-,24+,26+,27-/m1/s1. The van der Waals surface area contributed by atoms with Crippen molar-refractivity contribution in [3.8, 4) is 0 Å². The summed E-state index contributed by atoms with van der Waals surface area (Å²) in [6.07, 6.45) is 9.18. The van der Waals surface area contributed by atoms with Crippen LogP contribution in [-0.2, 0) is 9.22 Å². The molecule has 0 aromatic rings. The van der Waals surface area contributed by atoms with E-state index < -0.39 is 8.32 Å². The number of rotatable bonds is 3. The molecule has 3 nitrogen and oxygen atoms in total. The molecule has 178 valence electrons. The third kappa shape index (κ3) is 3.71. The van der Waals surface area contributed by atoms with Crippen LogP contribution in [0.5, 0.6) is 0 Å². The van der Waals surface area contributed by atoms with Crippen molar-refractivity contribution in [2.75, 3.05) is 0 Å². The topological polar surface area (TPSA) is 46.5 Å². The zero-order chi connectivity index (χ0) is 23.0. The Kier molecular flexibility index (Phi) is 5.92. The molecule has 0 aromatic heterocycles. The van der Waals surface area contributed by atoms with E-state index >= 15 is 0 Å². The fourth-order valence-corrected chi connectivity index (χ4v) is 9.95. The first-order valence-corrected chi connectivity index (χ1v) is 16.0. The van der Waals surface area contributed by atoms with E-state index in [0.717, 1.165) is 25.7 Å². The largest absolute Gasteiger partial charge is 0.414 e. The molecule has 31 heavy (non-hydrogen) atoms. The molecule has 9 atom stereocenters. The first-order valence-electron chi connectivity index (χ1n) is 13.1. The highest BCUT2D eigenvalue weighted by molar-refractivity contribution is 6.74. The monoisotopic (exact) mass is 448 g/mol. The number of carbonyl (C=O) groups is 1. The zero-order valence-electron chi connectivity index (χ0n) is 21.5. The molecule has 4 fully saturated rings. The van der Waals surface area contributed by atoms with Crippen LogP contribution >= 0.6 is 0 Å². The first-order chi connectivity index (χ1) is 14.2. The molecule has 0 radical (unpaired) electrons. The van der Waals surface area contributed by atoms with Crippen LogP contribution in [0.3, 0.4) is 0 Å². The lowest BCUT2D eigenvalue weighted by atomic mass is 9.44. The summed E-state index contributed by atoms with van der Waals surface area (Å²) >= 11 is 0. The molecule has 1 N–H and O–H groups in total. The fourth-order valence-electron chi connectivity index (χ4n) is 8.55. The molecule has 0 saturated heterocycles. The van der Waals surface area contributed by atoms with E-state index in [1.165, 1.54) is 25.7 Å². The summed E-state index contributed by atoms with van der Waals surface area (Å²) < 4.78 is 6.85. The molecule has 4 saturated carbocycles. The fraction of sp³-hybridized carbons (Fsp3) is 0.963. The number of aliphatic hydroxyl groups excluding tert-OH is 1. The van der Waals surface area contributed by atoms with Crippen molar-refractivity contribution in [3.05, 3.63) is 0 Å². The summed E-state index contributed by atoms with van der Waals surface area (Å²) in [5.74, 6) is 2.68. The molecule has 0 aliphatic heterocycles. The molecule has 0 bridgehead atoms. The van der Waals surface area contributed by atoms with Crippen LogP contribution in [0, 0.1) is 40.4 Å².